The van der Waals surface area contributed by atoms with Gasteiger partial charge in [0.15, 0.2) is 0 Å². The molecule has 0 unspecified atom stereocenters. The zero-order chi connectivity index (χ0) is 14.5. The lowest BCUT2D eigenvalue weighted by Gasteiger charge is -2.30. The number of nitrogens with zero attached hydrogens (tertiary/aromatic N) is 1. The van der Waals surface area contributed by atoms with Crippen molar-refractivity contribution in [3.05, 3.63) is 21.3 Å². The third-order valence-electron chi connectivity index (χ3n) is 3.41. The van der Waals surface area contributed by atoms with E-state index in [0.717, 1.165) is 15.6 Å². The molecule has 1 aliphatic heterocycles. The maximum atomic E-state index is 11.9. The molecule has 0 radical (unpaired) electrons. The third kappa shape index (κ3) is 4.11. The first-order valence-corrected chi connectivity index (χ1v) is 7.75. The average Bonchev–Trinajstić information content (AvgIpc) is 2.84. The normalized spacial score (nSPS) is 16.1. The Morgan fingerprint density at radius 1 is 1.40 bits per heavy atom. The lowest BCUT2D eigenvalue weighted by molar-refractivity contribution is -0.143. The van der Waals surface area contributed by atoms with Crippen LogP contribution in [0.2, 0.25) is 4.34 Å². The number of aliphatic carboxylic acids is 1. The van der Waals surface area contributed by atoms with Crippen molar-refractivity contribution in [3.8, 4) is 0 Å². The Labute approximate surface area is 126 Å². The van der Waals surface area contributed by atoms with E-state index in [4.69, 9.17) is 16.7 Å². The SMILES string of the molecule is O=C(O)C1CCN(C(=O)NCCc2ccc(Cl)s2)CC1. The Hall–Kier alpha value is -1.27. The molecule has 1 fully saturated rings. The maximum absolute atomic E-state index is 11.9. The molecule has 5 nitrogen and oxygen atoms in total. The smallest absolute Gasteiger partial charge is 0.317 e. The van der Waals surface area contributed by atoms with E-state index in [9.17, 15) is 9.59 Å². The van der Waals surface area contributed by atoms with Gasteiger partial charge in [0.2, 0.25) is 0 Å². The molecular formula is C13H17ClN2O3S. The highest BCUT2D eigenvalue weighted by atomic mass is 35.5. The Bertz CT molecular complexity index is 484. The van der Waals surface area contributed by atoms with E-state index >= 15 is 0 Å². The Morgan fingerprint density at radius 2 is 2.10 bits per heavy atom. The van der Waals surface area contributed by atoms with Crippen LogP contribution in [-0.2, 0) is 11.2 Å². The molecule has 1 aromatic rings. The number of piperidine rings is 1. The molecule has 0 saturated carbocycles. The average molecular weight is 317 g/mol. The fourth-order valence-corrected chi connectivity index (χ4v) is 3.31. The highest BCUT2D eigenvalue weighted by molar-refractivity contribution is 7.16. The molecule has 1 saturated heterocycles. The van der Waals surface area contributed by atoms with Gasteiger partial charge in [-0.05, 0) is 31.4 Å². The van der Waals surface area contributed by atoms with Crippen LogP contribution in [0.5, 0.6) is 0 Å². The maximum Gasteiger partial charge on any atom is 0.317 e. The zero-order valence-corrected chi connectivity index (χ0v) is 12.5. The predicted octanol–water partition coefficient (Wildman–Crippen LogP) is 2.45. The lowest BCUT2D eigenvalue weighted by atomic mass is 9.97. The number of hydrogen-bond acceptors (Lipinski definition) is 3. The van der Waals surface area contributed by atoms with Crippen molar-refractivity contribution in [3.63, 3.8) is 0 Å². The molecule has 2 N–H and O–H groups in total. The summed E-state index contributed by atoms with van der Waals surface area (Å²) in [7, 11) is 0. The molecule has 0 bridgehead atoms. The van der Waals surface area contributed by atoms with Crippen LogP contribution < -0.4 is 5.32 Å². The number of urea groups is 1. The van der Waals surface area contributed by atoms with Crippen LogP contribution in [0.4, 0.5) is 4.79 Å². The van der Waals surface area contributed by atoms with Gasteiger partial charge in [0.1, 0.15) is 0 Å². The van der Waals surface area contributed by atoms with Gasteiger partial charge < -0.3 is 15.3 Å². The minimum absolute atomic E-state index is 0.114. The summed E-state index contributed by atoms with van der Waals surface area (Å²) in [6.45, 7) is 1.58. The Kier molecular flexibility index (Phi) is 5.25. The van der Waals surface area contributed by atoms with Gasteiger partial charge in [-0.25, -0.2) is 4.79 Å². The van der Waals surface area contributed by atoms with Crippen LogP contribution in [0, 0.1) is 5.92 Å². The molecular weight excluding hydrogens is 300 g/mol. The summed E-state index contributed by atoms with van der Waals surface area (Å²) in [5, 5.41) is 11.8. The predicted molar refractivity (Wildman–Crippen MR) is 78.4 cm³/mol. The molecule has 1 aromatic heterocycles. The molecule has 110 valence electrons. The second-order valence-corrected chi connectivity index (χ2v) is 6.59. The molecule has 2 heterocycles. The number of hydrogen-bond donors (Lipinski definition) is 2. The lowest BCUT2D eigenvalue weighted by Crippen LogP contribution is -2.45. The molecule has 7 heteroatoms. The van der Waals surface area contributed by atoms with Gasteiger partial charge in [-0.3, -0.25) is 4.79 Å². The summed E-state index contributed by atoms with van der Waals surface area (Å²) >= 11 is 7.35. The quantitative estimate of drug-likeness (QED) is 0.896. The van der Waals surface area contributed by atoms with Gasteiger partial charge in [-0.1, -0.05) is 11.6 Å². The molecule has 20 heavy (non-hydrogen) atoms. The van der Waals surface area contributed by atoms with Gasteiger partial charge in [0.05, 0.1) is 10.3 Å². The van der Waals surface area contributed by atoms with E-state index in [1.165, 1.54) is 11.3 Å². The number of rotatable bonds is 4. The van der Waals surface area contributed by atoms with E-state index in [0.29, 0.717) is 32.5 Å². The van der Waals surface area contributed by atoms with E-state index in [1.54, 1.807) is 4.90 Å². The molecule has 2 rings (SSSR count). The number of carboxylic acids is 1. The molecule has 0 aliphatic carbocycles. The zero-order valence-electron chi connectivity index (χ0n) is 11.0. The number of nitrogens with one attached hydrogen (secondary N) is 1. The number of thiophene rings is 1. The third-order valence-corrected chi connectivity index (χ3v) is 4.70. The Morgan fingerprint density at radius 3 is 2.65 bits per heavy atom. The summed E-state index contributed by atoms with van der Waals surface area (Å²) in [5.41, 5.74) is 0. The van der Waals surface area contributed by atoms with E-state index < -0.39 is 5.97 Å². The Balaban J connectivity index is 1.69. The minimum atomic E-state index is -0.764. The topological polar surface area (TPSA) is 69.6 Å². The molecule has 0 aromatic carbocycles. The van der Waals surface area contributed by atoms with E-state index in [2.05, 4.69) is 5.32 Å². The number of likely N-dealkylation sites (tertiary alicyclic amines) is 1. The van der Waals surface area contributed by atoms with Crippen LogP contribution >= 0.6 is 22.9 Å². The highest BCUT2D eigenvalue weighted by Crippen LogP contribution is 2.21. The van der Waals surface area contributed by atoms with Gasteiger partial charge in [0, 0.05) is 24.5 Å². The van der Waals surface area contributed by atoms with Crippen LogP contribution in [-0.4, -0.2) is 41.6 Å². The summed E-state index contributed by atoms with van der Waals surface area (Å²) < 4.78 is 0.752. The molecule has 0 atom stereocenters. The number of carboxylic acid groups (broad SMARTS) is 1. The highest BCUT2D eigenvalue weighted by Gasteiger charge is 2.26. The summed E-state index contributed by atoms with van der Waals surface area (Å²) in [4.78, 5) is 25.6. The first kappa shape index (κ1) is 15.1. The van der Waals surface area contributed by atoms with Gasteiger partial charge in [-0.15, -0.1) is 11.3 Å². The first-order valence-electron chi connectivity index (χ1n) is 6.56. The summed E-state index contributed by atoms with van der Waals surface area (Å²) in [5.74, 6) is -1.08. The monoisotopic (exact) mass is 316 g/mol. The van der Waals surface area contributed by atoms with Crippen molar-refractivity contribution >= 4 is 34.9 Å². The van der Waals surface area contributed by atoms with Crippen molar-refractivity contribution in [2.24, 2.45) is 5.92 Å². The van der Waals surface area contributed by atoms with E-state index in [1.807, 2.05) is 12.1 Å². The molecule has 2 amide bonds. The number of amides is 2. The van der Waals surface area contributed by atoms with Crippen LogP contribution in [0.3, 0.4) is 0 Å². The van der Waals surface area contributed by atoms with Crippen molar-refractivity contribution in [1.82, 2.24) is 10.2 Å². The number of carbonyl (C=O) groups is 2. The van der Waals surface area contributed by atoms with Gasteiger partial charge in [0.25, 0.3) is 0 Å². The van der Waals surface area contributed by atoms with Crippen LogP contribution in [0.15, 0.2) is 12.1 Å². The molecule has 0 spiro atoms. The van der Waals surface area contributed by atoms with Crippen molar-refractivity contribution in [1.29, 1.82) is 0 Å². The van der Waals surface area contributed by atoms with Crippen molar-refractivity contribution in [2.75, 3.05) is 19.6 Å². The largest absolute Gasteiger partial charge is 0.481 e. The first-order chi connectivity index (χ1) is 9.56. The van der Waals surface area contributed by atoms with Crippen molar-refractivity contribution < 1.29 is 14.7 Å². The van der Waals surface area contributed by atoms with Gasteiger partial charge >= 0.3 is 12.0 Å². The van der Waals surface area contributed by atoms with Crippen LogP contribution in [0.1, 0.15) is 17.7 Å². The fourth-order valence-electron chi connectivity index (χ4n) is 2.22. The summed E-state index contributed by atoms with van der Waals surface area (Å²) in [6.07, 6.45) is 1.82. The van der Waals surface area contributed by atoms with Crippen LogP contribution in [0.25, 0.3) is 0 Å². The number of carbonyl (C=O) groups excluding carboxylic acids is 1. The van der Waals surface area contributed by atoms with E-state index in [-0.39, 0.29) is 11.9 Å². The fraction of sp³-hybridized carbons (Fsp3) is 0.538. The minimum Gasteiger partial charge on any atom is -0.481 e. The molecule has 1 aliphatic rings. The number of halogens is 1. The standard InChI is InChI=1S/C13H17ClN2O3S/c14-11-2-1-10(20-11)3-6-15-13(19)16-7-4-9(5-8-16)12(17)18/h1-2,9H,3-8H2,(H,15,19)(H,17,18). The van der Waals surface area contributed by atoms with Crippen molar-refractivity contribution in [2.45, 2.75) is 19.3 Å². The second kappa shape index (κ2) is 6.95. The summed E-state index contributed by atoms with van der Waals surface area (Å²) in [6, 6.07) is 3.69. The van der Waals surface area contributed by atoms with Gasteiger partial charge in [-0.2, -0.15) is 0 Å². The second-order valence-electron chi connectivity index (χ2n) is 4.79.